The van der Waals surface area contributed by atoms with E-state index in [4.69, 9.17) is 9.72 Å². The Bertz CT molecular complexity index is 2190. The first-order chi connectivity index (χ1) is 18.3. The Kier molecular flexibility index (Phi) is 3.47. The Labute approximate surface area is 212 Å². The van der Waals surface area contributed by atoms with Gasteiger partial charge in [0.25, 0.3) is 0 Å². The van der Waals surface area contributed by atoms with Crippen LogP contribution in [0, 0.1) is 6.92 Å². The molecule has 0 bridgehead atoms. The van der Waals surface area contributed by atoms with E-state index in [1.807, 2.05) is 18.2 Å². The Morgan fingerprint density at radius 1 is 0.622 bits per heavy atom. The maximum Gasteiger partial charge on any atom is 0.153 e. The minimum absolute atomic E-state index is 0.851. The highest BCUT2D eigenvalue weighted by atomic mass is 16.5. The number of aromatic nitrogens is 2. The van der Waals surface area contributed by atoms with Crippen molar-refractivity contribution in [1.82, 2.24) is 9.55 Å². The number of fused-ring (bicyclic) bond motifs is 4. The molecular formula is C34H20N2O. The van der Waals surface area contributed by atoms with Gasteiger partial charge in [0.05, 0.1) is 11.2 Å². The monoisotopic (exact) mass is 472 g/mol. The van der Waals surface area contributed by atoms with Crippen molar-refractivity contribution >= 4 is 54.1 Å². The van der Waals surface area contributed by atoms with Gasteiger partial charge >= 0.3 is 0 Å². The smallest absolute Gasteiger partial charge is 0.153 e. The van der Waals surface area contributed by atoms with Crippen LogP contribution in [0.3, 0.4) is 0 Å². The van der Waals surface area contributed by atoms with E-state index in [1.54, 1.807) is 0 Å². The molecule has 7 aromatic carbocycles. The van der Waals surface area contributed by atoms with Gasteiger partial charge in [0, 0.05) is 0 Å². The summed E-state index contributed by atoms with van der Waals surface area (Å²) < 4.78 is 8.65. The Balaban J connectivity index is 1.33. The van der Waals surface area contributed by atoms with Gasteiger partial charge in [-0.1, -0.05) is 78.9 Å². The van der Waals surface area contributed by atoms with E-state index in [9.17, 15) is 0 Å². The number of hydrogen-bond acceptors (Lipinski definition) is 2. The molecule has 0 saturated heterocycles. The maximum atomic E-state index is 6.44. The normalized spacial score (nSPS) is 12.7. The van der Waals surface area contributed by atoms with Gasteiger partial charge in [0.15, 0.2) is 11.5 Å². The van der Waals surface area contributed by atoms with Crippen LogP contribution in [-0.2, 0) is 0 Å². The zero-order valence-electron chi connectivity index (χ0n) is 20.1. The number of hydrogen-bond donors (Lipinski definition) is 0. The summed E-state index contributed by atoms with van der Waals surface area (Å²) in [4.78, 5) is 4.76. The highest BCUT2D eigenvalue weighted by molar-refractivity contribution is 6.34. The third-order valence-electron chi connectivity index (χ3n) is 8.06. The molecular weight excluding hydrogens is 452 g/mol. The summed E-state index contributed by atoms with van der Waals surface area (Å²) in [7, 11) is 0. The number of aryl methyl sites for hydroxylation is 1. The van der Waals surface area contributed by atoms with E-state index in [-0.39, 0.29) is 0 Å². The molecule has 1 aromatic heterocycles. The quantitative estimate of drug-likeness (QED) is 0.176. The van der Waals surface area contributed by atoms with Crippen molar-refractivity contribution < 1.29 is 4.74 Å². The molecule has 0 saturated carbocycles. The predicted molar refractivity (Wildman–Crippen MR) is 153 cm³/mol. The van der Waals surface area contributed by atoms with Crippen molar-refractivity contribution in [2.24, 2.45) is 0 Å². The Morgan fingerprint density at radius 2 is 1.32 bits per heavy atom. The number of rotatable bonds is 1. The van der Waals surface area contributed by atoms with E-state index in [0.717, 1.165) is 39.6 Å². The summed E-state index contributed by atoms with van der Waals surface area (Å²) in [5, 5.41) is 10.5. The molecule has 1 aliphatic rings. The van der Waals surface area contributed by atoms with Crippen molar-refractivity contribution in [2.45, 2.75) is 6.92 Å². The van der Waals surface area contributed by atoms with Crippen LogP contribution in [0.15, 0.2) is 103 Å². The van der Waals surface area contributed by atoms with Gasteiger partial charge in [0.2, 0.25) is 0 Å². The maximum absolute atomic E-state index is 6.44. The van der Waals surface area contributed by atoms with Crippen LogP contribution in [0.2, 0.25) is 0 Å². The second-order valence-electron chi connectivity index (χ2n) is 10.0. The Hall–Kier alpha value is -4.89. The fraction of sp³-hybridized carbons (Fsp3) is 0.0294. The molecule has 0 N–H and O–H groups in total. The van der Waals surface area contributed by atoms with Gasteiger partial charge in [-0.25, -0.2) is 4.98 Å². The van der Waals surface area contributed by atoms with Crippen LogP contribution >= 0.6 is 0 Å². The summed E-state index contributed by atoms with van der Waals surface area (Å²) in [6.07, 6.45) is 0. The van der Waals surface area contributed by atoms with Gasteiger partial charge in [-0.3, -0.25) is 4.57 Å². The molecule has 3 nitrogen and oxygen atoms in total. The van der Waals surface area contributed by atoms with Gasteiger partial charge in [0.1, 0.15) is 11.3 Å². The van der Waals surface area contributed by atoms with Crippen LogP contribution in [0.5, 0.6) is 11.5 Å². The van der Waals surface area contributed by atoms with Crippen molar-refractivity contribution in [3.8, 4) is 28.3 Å². The fourth-order valence-electron chi connectivity index (χ4n) is 6.55. The summed E-state index contributed by atoms with van der Waals surface area (Å²) in [5.74, 6) is 2.67. The summed E-state index contributed by atoms with van der Waals surface area (Å²) in [6, 6.07) is 37.2. The van der Waals surface area contributed by atoms with Crippen LogP contribution in [0.25, 0.3) is 70.9 Å². The molecule has 0 fully saturated rings. The molecule has 0 radical (unpaired) electrons. The van der Waals surface area contributed by atoms with Gasteiger partial charge < -0.3 is 4.74 Å². The van der Waals surface area contributed by atoms with Crippen LogP contribution in [0.1, 0.15) is 5.82 Å². The molecule has 1 aliphatic heterocycles. The standard InChI is InChI=1S/C34H20N2O/c1-19-35-28-12-5-13-30-34(28)36(19)29-17-14-21(18-31(29)37-30)22-15-16-27-25-9-3-7-20-6-2-8-24(32(20)25)26-11-4-10-23(22)33(26)27/h2-18H,1H3. The summed E-state index contributed by atoms with van der Waals surface area (Å²) in [6.45, 7) is 2.05. The second kappa shape index (κ2) is 6.65. The highest BCUT2D eigenvalue weighted by Gasteiger charge is 2.23. The van der Waals surface area contributed by atoms with Crippen LogP contribution in [0.4, 0.5) is 0 Å². The zero-order chi connectivity index (χ0) is 24.2. The number of para-hydroxylation sites is 1. The van der Waals surface area contributed by atoms with Crippen molar-refractivity contribution in [3.05, 3.63) is 109 Å². The molecule has 9 rings (SSSR count). The molecule has 0 amide bonds. The second-order valence-corrected chi connectivity index (χ2v) is 10.0. The minimum Gasteiger partial charge on any atom is -0.453 e. The third kappa shape index (κ3) is 2.39. The molecule has 0 spiro atoms. The van der Waals surface area contributed by atoms with Crippen LogP contribution in [-0.4, -0.2) is 9.55 Å². The van der Waals surface area contributed by atoms with E-state index in [2.05, 4.69) is 96.4 Å². The molecule has 0 unspecified atom stereocenters. The molecule has 172 valence electrons. The number of imidazole rings is 1. The number of nitrogens with zero attached hydrogens (tertiary/aromatic N) is 2. The topological polar surface area (TPSA) is 27.1 Å². The average Bonchev–Trinajstić information content (AvgIpc) is 3.28. The highest BCUT2D eigenvalue weighted by Crippen LogP contribution is 2.46. The lowest BCUT2D eigenvalue weighted by Crippen LogP contribution is -2.05. The molecule has 8 aromatic rings. The van der Waals surface area contributed by atoms with E-state index in [1.165, 1.54) is 48.7 Å². The van der Waals surface area contributed by atoms with Gasteiger partial charge in [-0.15, -0.1) is 0 Å². The largest absolute Gasteiger partial charge is 0.453 e. The summed E-state index contributed by atoms with van der Waals surface area (Å²) in [5.41, 5.74) is 5.39. The summed E-state index contributed by atoms with van der Waals surface area (Å²) >= 11 is 0. The molecule has 0 aliphatic carbocycles. The van der Waals surface area contributed by atoms with Crippen molar-refractivity contribution in [1.29, 1.82) is 0 Å². The minimum atomic E-state index is 0.851. The SMILES string of the molecule is Cc1nc2cccc3c2n1-c1ccc(-c2ccc4c5cccc6cccc(c7cccc2c74)c65)cc1O3. The molecule has 2 heterocycles. The Morgan fingerprint density at radius 3 is 2.16 bits per heavy atom. The third-order valence-corrected chi connectivity index (χ3v) is 8.06. The number of ether oxygens (including phenoxy) is 1. The van der Waals surface area contributed by atoms with Gasteiger partial charge in [-0.05, 0) is 85.4 Å². The number of benzene rings is 7. The van der Waals surface area contributed by atoms with Crippen molar-refractivity contribution in [3.63, 3.8) is 0 Å². The van der Waals surface area contributed by atoms with E-state index in [0.29, 0.717) is 0 Å². The zero-order valence-corrected chi connectivity index (χ0v) is 20.1. The molecule has 0 atom stereocenters. The predicted octanol–water partition coefficient (Wildman–Crippen LogP) is 9.16. The first-order valence-electron chi connectivity index (χ1n) is 12.7. The lowest BCUT2D eigenvalue weighted by molar-refractivity contribution is 0.475. The van der Waals surface area contributed by atoms with E-state index >= 15 is 0 Å². The fourth-order valence-corrected chi connectivity index (χ4v) is 6.55. The lowest BCUT2D eigenvalue weighted by atomic mass is 9.87. The lowest BCUT2D eigenvalue weighted by Gasteiger charge is -2.22. The van der Waals surface area contributed by atoms with Crippen molar-refractivity contribution in [2.75, 3.05) is 0 Å². The van der Waals surface area contributed by atoms with Gasteiger partial charge in [-0.2, -0.15) is 0 Å². The first-order valence-corrected chi connectivity index (χ1v) is 12.7. The first kappa shape index (κ1) is 19.3. The van der Waals surface area contributed by atoms with E-state index < -0.39 is 0 Å². The van der Waals surface area contributed by atoms with Crippen LogP contribution < -0.4 is 4.74 Å². The average molecular weight is 473 g/mol. The molecule has 3 heteroatoms. The molecule has 37 heavy (non-hydrogen) atoms.